The molecular formula is C25H21N5O2. The molecule has 2 atom stereocenters. The molecule has 0 amide bonds. The number of hydrogen-bond acceptors (Lipinski definition) is 6. The molecule has 2 aliphatic rings. The third-order valence-electron chi connectivity index (χ3n) is 5.99. The average molecular weight is 423 g/mol. The SMILES string of the molecule is COc1ccc(C2Oc3ccc(C)cc3C3=C2C(c2cccnc2)n2ncnc2N3)cc1. The lowest BCUT2D eigenvalue weighted by Gasteiger charge is -2.39. The van der Waals surface area contributed by atoms with E-state index in [0.29, 0.717) is 5.95 Å². The third kappa shape index (κ3) is 2.85. The largest absolute Gasteiger partial charge is 0.497 e. The lowest BCUT2D eigenvalue weighted by atomic mass is 9.85. The van der Waals surface area contributed by atoms with Gasteiger partial charge in [0.1, 0.15) is 30.0 Å². The van der Waals surface area contributed by atoms with Crippen molar-refractivity contribution in [2.45, 2.75) is 19.1 Å². The van der Waals surface area contributed by atoms with Crippen LogP contribution in [0.2, 0.25) is 0 Å². The van der Waals surface area contributed by atoms with Crippen molar-refractivity contribution in [3.05, 3.63) is 101 Å². The molecule has 6 rings (SSSR count). The Bertz CT molecular complexity index is 1330. The van der Waals surface area contributed by atoms with Crippen LogP contribution < -0.4 is 14.8 Å². The third-order valence-corrected chi connectivity index (χ3v) is 5.99. The molecule has 32 heavy (non-hydrogen) atoms. The molecule has 2 aromatic heterocycles. The minimum absolute atomic E-state index is 0.210. The summed E-state index contributed by atoms with van der Waals surface area (Å²) in [6.07, 6.45) is 4.91. The van der Waals surface area contributed by atoms with Crippen molar-refractivity contribution < 1.29 is 9.47 Å². The standard InChI is InChI=1S/C25H21N5O2/c1-15-5-10-20-19(12-15)22-21(24(32-20)16-6-8-18(31-2)9-7-16)23(17-4-3-11-26-13-17)30-25(29-22)27-14-28-30/h3-14,23-24H,1-2H3,(H,27,28,29). The number of aromatic nitrogens is 4. The highest BCUT2D eigenvalue weighted by molar-refractivity contribution is 5.85. The maximum absolute atomic E-state index is 6.64. The van der Waals surface area contributed by atoms with Crippen LogP contribution in [0.15, 0.2) is 78.9 Å². The van der Waals surface area contributed by atoms with E-state index in [2.05, 4.69) is 45.5 Å². The van der Waals surface area contributed by atoms with Crippen molar-refractivity contribution in [1.82, 2.24) is 19.7 Å². The summed E-state index contributed by atoms with van der Waals surface area (Å²) in [6.45, 7) is 2.08. The Morgan fingerprint density at radius 2 is 1.94 bits per heavy atom. The smallest absolute Gasteiger partial charge is 0.226 e. The summed E-state index contributed by atoms with van der Waals surface area (Å²) >= 11 is 0. The van der Waals surface area contributed by atoms with Crippen LogP contribution in [0.1, 0.15) is 34.4 Å². The summed E-state index contributed by atoms with van der Waals surface area (Å²) in [4.78, 5) is 8.84. The molecule has 2 unspecified atom stereocenters. The summed E-state index contributed by atoms with van der Waals surface area (Å²) < 4.78 is 13.9. The van der Waals surface area contributed by atoms with Gasteiger partial charge in [-0.1, -0.05) is 29.8 Å². The van der Waals surface area contributed by atoms with E-state index in [1.165, 1.54) is 0 Å². The van der Waals surface area contributed by atoms with Gasteiger partial charge < -0.3 is 14.8 Å². The first kappa shape index (κ1) is 18.6. The predicted molar refractivity (Wildman–Crippen MR) is 120 cm³/mol. The molecule has 0 saturated carbocycles. The van der Waals surface area contributed by atoms with Gasteiger partial charge in [0.05, 0.1) is 12.8 Å². The molecule has 4 aromatic rings. The highest BCUT2D eigenvalue weighted by Crippen LogP contribution is 2.50. The number of nitrogens with one attached hydrogen (secondary N) is 1. The fourth-order valence-corrected chi connectivity index (χ4v) is 4.50. The quantitative estimate of drug-likeness (QED) is 0.521. The summed E-state index contributed by atoms with van der Waals surface area (Å²) in [5, 5.41) is 8.07. The van der Waals surface area contributed by atoms with Crippen LogP contribution in [-0.4, -0.2) is 26.9 Å². The molecule has 0 saturated heterocycles. The zero-order valence-electron chi connectivity index (χ0n) is 17.7. The topological polar surface area (TPSA) is 74.1 Å². The Kier molecular flexibility index (Phi) is 4.21. The van der Waals surface area contributed by atoms with Crippen molar-refractivity contribution >= 4 is 11.6 Å². The van der Waals surface area contributed by atoms with Crippen LogP contribution in [0, 0.1) is 6.92 Å². The molecule has 2 aromatic carbocycles. The van der Waals surface area contributed by atoms with Gasteiger partial charge in [-0.05, 0) is 48.4 Å². The summed E-state index contributed by atoms with van der Waals surface area (Å²) in [6, 6.07) is 18.1. The molecule has 7 nitrogen and oxygen atoms in total. The summed E-state index contributed by atoms with van der Waals surface area (Å²) in [7, 11) is 1.67. The van der Waals surface area contributed by atoms with E-state index in [0.717, 1.165) is 45.0 Å². The lowest BCUT2D eigenvalue weighted by Crippen LogP contribution is -2.32. The first-order chi connectivity index (χ1) is 15.7. The number of rotatable bonds is 3. The fourth-order valence-electron chi connectivity index (χ4n) is 4.50. The van der Waals surface area contributed by atoms with Gasteiger partial charge in [0.25, 0.3) is 0 Å². The van der Waals surface area contributed by atoms with Gasteiger partial charge in [0.2, 0.25) is 5.95 Å². The van der Waals surface area contributed by atoms with Crippen molar-refractivity contribution in [2.24, 2.45) is 0 Å². The van der Waals surface area contributed by atoms with E-state index in [1.807, 2.05) is 47.3 Å². The number of ether oxygens (including phenoxy) is 2. The molecule has 2 aliphatic heterocycles. The first-order valence-electron chi connectivity index (χ1n) is 10.4. The summed E-state index contributed by atoms with van der Waals surface area (Å²) in [5.41, 5.74) is 6.31. The van der Waals surface area contributed by atoms with Crippen LogP contribution in [0.5, 0.6) is 11.5 Å². The highest BCUT2D eigenvalue weighted by atomic mass is 16.5. The molecule has 0 radical (unpaired) electrons. The number of fused-ring (bicyclic) bond motifs is 3. The van der Waals surface area contributed by atoms with Gasteiger partial charge in [0, 0.05) is 23.5 Å². The van der Waals surface area contributed by atoms with Crippen LogP contribution in [0.3, 0.4) is 0 Å². The van der Waals surface area contributed by atoms with E-state index in [4.69, 9.17) is 9.47 Å². The number of nitrogens with zero attached hydrogens (tertiary/aromatic N) is 4. The predicted octanol–water partition coefficient (Wildman–Crippen LogP) is 4.55. The van der Waals surface area contributed by atoms with Crippen LogP contribution >= 0.6 is 0 Å². The van der Waals surface area contributed by atoms with Gasteiger partial charge in [-0.25, -0.2) is 4.68 Å². The zero-order chi connectivity index (χ0) is 21.7. The van der Waals surface area contributed by atoms with Crippen molar-refractivity contribution in [1.29, 1.82) is 0 Å². The van der Waals surface area contributed by atoms with E-state index in [-0.39, 0.29) is 12.1 Å². The second-order valence-corrected chi connectivity index (χ2v) is 7.94. The van der Waals surface area contributed by atoms with Crippen molar-refractivity contribution in [3.8, 4) is 11.5 Å². The Morgan fingerprint density at radius 3 is 2.72 bits per heavy atom. The minimum atomic E-state index is -0.318. The number of aryl methyl sites for hydroxylation is 1. The van der Waals surface area contributed by atoms with Gasteiger partial charge in [0.15, 0.2) is 0 Å². The second-order valence-electron chi connectivity index (χ2n) is 7.94. The Morgan fingerprint density at radius 1 is 1.06 bits per heavy atom. The van der Waals surface area contributed by atoms with E-state index < -0.39 is 0 Å². The number of anilines is 1. The fraction of sp³-hybridized carbons (Fsp3) is 0.160. The molecule has 0 fully saturated rings. The van der Waals surface area contributed by atoms with Gasteiger partial charge in [-0.2, -0.15) is 10.1 Å². The van der Waals surface area contributed by atoms with Gasteiger partial charge in [-0.15, -0.1) is 0 Å². The molecule has 0 aliphatic carbocycles. The van der Waals surface area contributed by atoms with Gasteiger partial charge >= 0.3 is 0 Å². The molecule has 4 heterocycles. The monoisotopic (exact) mass is 423 g/mol. The maximum atomic E-state index is 6.64. The number of pyridine rings is 1. The second kappa shape index (κ2) is 7.23. The van der Waals surface area contributed by atoms with Crippen molar-refractivity contribution in [2.75, 3.05) is 12.4 Å². The van der Waals surface area contributed by atoms with E-state index in [9.17, 15) is 0 Å². The molecule has 7 heteroatoms. The number of methoxy groups -OCH3 is 1. The van der Waals surface area contributed by atoms with Crippen molar-refractivity contribution in [3.63, 3.8) is 0 Å². The lowest BCUT2D eigenvalue weighted by molar-refractivity contribution is 0.223. The number of benzene rings is 2. The Balaban J connectivity index is 1.61. The van der Waals surface area contributed by atoms with E-state index in [1.54, 1.807) is 19.6 Å². The van der Waals surface area contributed by atoms with Gasteiger partial charge in [-0.3, -0.25) is 4.98 Å². The zero-order valence-corrected chi connectivity index (χ0v) is 17.7. The average Bonchev–Trinajstić information content (AvgIpc) is 3.31. The Labute approximate surface area is 185 Å². The van der Waals surface area contributed by atoms with Crippen LogP contribution in [-0.2, 0) is 0 Å². The van der Waals surface area contributed by atoms with Crippen LogP contribution in [0.4, 0.5) is 5.95 Å². The molecule has 0 bridgehead atoms. The molecular weight excluding hydrogens is 402 g/mol. The number of hydrogen-bond donors (Lipinski definition) is 1. The minimum Gasteiger partial charge on any atom is -0.497 e. The molecule has 1 N–H and O–H groups in total. The highest BCUT2D eigenvalue weighted by Gasteiger charge is 2.41. The van der Waals surface area contributed by atoms with Crippen LogP contribution in [0.25, 0.3) is 5.70 Å². The first-order valence-corrected chi connectivity index (χ1v) is 10.4. The Hall–Kier alpha value is -4.13. The maximum Gasteiger partial charge on any atom is 0.226 e. The normalized spacial score (nSPS) is 18.7. The summed E-state index contributed by atoms with van der Waals surface area (Å²) in [5.74, 6) is 2.33. The van der Waals surface area contributed by atoms with E-state index >= 15 is 0 Å². The molecule has 158 valence electrons. The molecule has 0 spiro atoms.